The lowest BCUT2D eigenvalue weighted by Crippen LogP contribution is -2.16. The zero-order valence-electron chi connectivity index (χ0n) is 17.5. The molecule has 0 saturated heterocycles. The molecular formula is C25H28O4. The molecule has 2 aromatic carbocycles. The molecular weight excluding hydrogens is 364 g/mol. The summed E-state index contributed by atoms with van der Waals surface area (Å²) in [6.45, 7) is 8.00. The van der Waals surface area contributed by atoms with E-state index in [2.05, 4.69) is 19.9 Å². The van der Waals surface area contributed by atoms with Crippen molar-refractivity contribution in [3.05, 3.63) is 74.9 Å². The standard InChI is InChI=1S/C25H28O4/c1-14(2)6-5-7-15(3)8-9-19-20(26)13-18-12-17-10-16(4)11-21(27)22(17)25(29)23(18)24(19)28/h6,8,10-11,13,26-28H,5,7,9,12H2,1-4H3. The third kappa shape index (κ3) is 4.21. The van der Waals surface area contributed by atoms with Crippen LogP contribution in [0.4, 0.5) is 0 Å². The lowest BCUT2D eigenvalue weighted by atomic mass is 9.81. The van der Waals surface area contributed by atoms with E-state index in [1.165, 1.54) is 5.57 Å². The van der Waals surface area contributed by atoms with E-state index < -0.39 is 5.78 Å². The number of rotatable bonds is 5. The Morgan fingerprint density at radius 3 is 2.34 bits per heavy atom. The quantitative estimate of drug-likeness (QED) is 0.502. The van der Waals surface area contributed by atoms with Crippen molar-refractivity contribution < 1.29 is 20.1 Å². The Kier molecular flexibility index (Phi) is 5.83. The molecule has 1 aliphatic rings. The summed E-state index contributed by atoms with van der Waals surface area (Å²) in [5.41, 5.74) is 5.34. The van der Waals surface area contributed by atoms with Gasteiger partial charge in [0.2, 0.25) is 5.78 Å². The topological polar surface area (TPSA) is 77.8 Å². The third-order valence-corrected chi connectivity index (χ3v) is 5.39. The SMILES string of the molecule is CC(C)=CCCC(C)=CCc1c(O)cc2c(c1O)C(=O)c1c(O)cc(C)cc1C2. The second kappa shape index (κ2) is 8.16. The van der Waals surface area contributed by atoms with Crippen LogP contribution in [0.2, 0.25) is 0 Å². The zero-order chi connectivity index (χ0) is 21.3. The fraction of sp³-hybridized carbons (Fsp3) is 0.320. The van der Waals surface area contributed by atoms with Crippen molar-refractivity contribution in [2.45, 2.75) is 53.4 Å². The first kappa shape index (κ1) is 20.7. The summed E-state index contributed by atoms with van der Waals surface area (Å²) in [6, 6.07) is 4.98. The molecule has 3 rings (SSSR count). The number of benzene rings is 2. The summed E-state index contributed by atoms with van der Waals surface area (Å²) in [7, 11) is 0. The van der Waals surface area contributed by atoms with Crippen LogP contribution in [0.15, 0.2) is 41.5 Å². The fourth-order valence-corrected chi connectivity index (χ4v) is 3.88. The minimum absolute atomic E-state index is 0.0114. The number of phenols is 3. The summed E-state index contributed by atoms with van der Waals surface area (Å²) in [5.74, 6) is -0.673. The highest BCUT2D eigenvalue weighted by Crippen LogP contribution is 2.42. The second-order valence-electron chi connectivity index (χ2n) is 8.16. The first-order valence-electron chi connectivity index (χ1n) is 9.92. The van der Waals surface area contributed by atoms with Crippen LogP contribution in [0.3, 0.4) is 0 Å². The maximum Gasteiger partial charge on any atom is 0.201 e. The van der Waals surface area contributed by atoms with E-state index in [1.54, 1.807) is 12.1 Å². The number of phenolic OH excluding ortho intramolecular Hbond substituents is 3. The summed E-state index contributed by atoms with van der Waals surface area (Å²) >= 11 is 0. The van der Waals surface area contributed by atoms with Crippen molar-refractivity contribution in [1.82, 2.24) is 0 Å². The predicted octanol–water partition coefficient (Wildman–Crippen LogP) is 5.48. The molecule has 0 spiro atoms. The van der Waals surface area contributed by atoms with Gasteiger partial charge in [-0.05, 0) is 82.2 Å². The van der Waals surface area contributed by atoms with Gasteiger partial charge in [-0.1, -0.05) is 29.4 Å². The van der Waals surface area contributed by atoms with Gasteiger partial charge in [-0.15, -0.1) is 0 Å². The second-order valence-corrected chi connectivity index (χ2v) is 8.16. The largest absolute Gasteiger partial charge is 0.508 e. The molecule has 0 fully saturated rings. The Bertz CT molecular complexity index is 1040. The number of hydrogen-bond acceptors (Lipinski definition) is 4. The maximum atomic E-state index is 13.0. The van der Waals surface area contributed by atoms with E-state index in [0.717, 1.165) is 24.0 Å². The average molecular weight is 392 g/mol. The van der Waals surface area contributed by atoms with Crippen molar-refractivity contribution >= 4 is 5.78 Å². The number of aryl methyl sites for hydroxylation is 1. The van der Waals surface area contributed by atoms with E-state index >= 15 is 0 Å². The molecule has 3 N–H and O–H groups in total. The molecule has 0 unspecified atom stereocenters. The normalized spacial score (nSPS) is 13.1. The van der Waals surface area contributed by atoms with Gasteiger partial charge >= 0.3 is 0 Å². The van der Waals surface area contributed by atoms with Crippen molar-refractivity contribution in [2.24, 2.45) is 0 Å². The maximum absolute atomic E-state index is 13.0. The van der Waals surface area contributed by atoms with Crippen LogP contribution in [-0.2, 0) is 12.8 Å². The van der Waals surface area contributed by atoms with Gasteiger partial charge in [0.05, 0.1) is 11.1 Å². The Morgan fingerprint density at radius 1 is 0.966 bits per heavy atom. The van der Waals surface area contributed by atoms with Crippen molar-refractivity contribution in [1.29, 1.82) is 0 Å². The van der Waals surface area contributed by atoms with Gasteiger partial charge in [0, 0.05) is 5.56 Å². The number of carbonyl (C=O) groups is 1. The third-order valence-electron chi connectivity index (χ3n) is 5.39. The minimum Gasteiger partial charge on any atom is -0.508 e. The Balaban J connectivity index is 1.94. The Morgan fingerprint density at radius 2 is 1.66 bits per heavy atom. The molecule has 0 aliphatic heterocycles. The smallest absolute Gasteiger partial charge is 0.201 e. The highest BCUT2D eigenvalue weighted by atomic mass is 16.3. The highest BCUT2D eigenvalue weighted by Gasteiger charge is 2.31. The van der Waals surface area contributed by atoms with Gasteiger partial charge in [-0.2, -0.15) is 0 Å². The van der Waals surface area contributed by atoms with Crippen LogP contribution >= 0.6 is 0 Å². The zero-order valence-corrected chi connectivity index (χ0v) is 17.5. The van der Waals surface area contributed by atoms with Crippen LogP contribution in [-0.4, -0.2) is 21.1 Å². The molecule has 4 heteroatoms. The van der Waals surface area contributed by atoms with E-state index in [9.17, 15) is 20.1 Å². The monoisotopic (exact) mass is 392 g/mol. The molecule has 4 nitrogen and oxygen atoms in total. The van der Waals surface area contributed by atoms with Crippen LogP contribution in [0.5, 0.6) is 17.2 Å². The number of hydrogen-bond donors (Lipinski definition) is 3. The van der Waals surface area contributed by atoms with Gasteiger partial charge in [-0.3, -0.25) is 4.79 Å². The molecule has 29 heavy (non-hydrogen) atoms. The molecule has 2 aromatic rings. The number of carbonyl (C=O) groups excluding carboxylic acids is 1. The molecule has 0 heterocycles. The lowest BCUT2D eigenvalue weighted by Gasteiger charge is -2.22. The molecule has 1 aliphatic carbocycles. The minimum atomic E-state index is -0.401. The van der Waals surface area contributed by atoms with Crippen molar-refractivity contribution in [3.8, 4) is 17.2 Å². The molecule has 0 atom stereocenters. The fourth-order valence-electron chi connectivity index (χ4n) is 3.88. The molecule has 0 radical (unpaired) electrons. The summed E-state index contributed by atoms with van der Waals surface area (Å²) < 4.78 is 0. The Labute approximate surface area is 171 Å². The van der Waals surface area contributed by atoms with Crippen LogP contribution in [0.25, 0.3) is 0 Å². The van der Waals surface area contributed by atoms with E-state index in [4.69, 9.17) is 0 Å². The molecule has 0 saturated carbocycles. The van der Waals surface area contributed by atoms with Gasteiger partial charge in [0.15, 0.2) is 0 Å². The molecule has 0 amide bonds. The van der Waals surface area contributed by atoms with E-state index in [-0.39, 0.29) is 28.4 Å². The lowest BCUT2D eigenvalue weighted by molar-refractivity contribution is 0.102. The average Bonchev–Trinajstić information content (AvgIpc) is 2.59. The van der Waals surface area contributed by atoms with Crippen molar-refractivity contribution in [3.63, 3.8) is 0 Å². The summed E-state index contributed by atoms with van der Waals surface area (Å²) in [6.07, 6.45) is 6.71. The van der Waals surface area contributed by atoms with E-state index in [1.807, 2.05) is 26.0 Å². The highest BCUT2D eigenvalue weighted by molar-refractivity contribution is 6.15. The van der Waals surface area contributed by atoms with Gasteiger partial charge < -0.3 is 15.3 Å². The number of aromatic hydroxyl groups is 3. The summed E-state index contributed by atoms with van der Waals surface area (Å²) in [4.78, 5) is 13.0. The van der Waals surface area contributed by atoms with Gasteiger partial charge in [-0.25, -0.2) is 0 Å². The molecule has 0 bridgehead atoms. The van der Waals surface area contributed by atoms with Crippen molar-refractivity contribution in [2.75, 3.05) is 0 Å². The molecule has 0 aromatic heterocycles. The van der Waals surface area contributed by atoms with Gasteiger partial charge in [0.1, 0.15) is 17.2 Å². The Hall–Kier alpha value is -3.01. The first-order chi connectivity index (χ1) is 13.7. The van der Waals surface area contributed by atoms with Crippen LogP contribution < -0.4 is 0 Å². The number of allylic oxidation sites excluding steroid dienone is 4. The predicted molar refractivity (Wildman–Crippen MR) is 115 cm³/mol. The number of fused-ring (bicyclic) bond motifs is 2. The summed E-state index contributed by atoms with van der Waals surface area (Å²) in [5, 5.41) is 31.6. The van der Waals surface area contributed by atoms with Crippen LogP contribution in [0.1, 0.15) is 71.8 Å². The van der Waals surface area contributed by atoms with Crippen LogP contribution in [0, 0.1) is 6.92 Å². The van der Waals surface area contributed by atoms with Gasteiger partial charge in [0.25, 0.3) is 0 Å². The molecule has 152 valence electrons. The number of ketones is 1. The first-order valence-corrected chi connectivity index (χ1v) is 9.92. The van der Waals surface area contributed by atoms with E-state index in [0.29, 0.717) is 29.5 Å².